The van der Waals surface area contributed by atoms with Crippen LogP contribution in [0.2, 0.25) is 0 Å². The third-order valence-electron chi connectivity index (χ3n) is 6.15. The van der Waals surface area contributed by atoms with Crippen molar-refractivity contribution in [3.63, 3.8) is 0 Å². The molecule has 1 fully saturated rings. The smallest absolute Gasteiger partial charge is 0.257 e. The number of nitrogens with zero attached hydrogens (tertiary/aromatic N) is 5. The molecule has 2 aliphatic heterocycles. The van der Waals surface area contributed by atoms with Gasteiger partial charge in [-0.2, -0.15) is 10.4 Å². The van der Waals surface area contributed by atoms with E-state index in [1.54, 1.807) is 27.7 Å². The number of benzene rings is 1. The molecule has 0 spiro atoms. The molecule has 0 aliphatic carbocycles. The summed E-state index contributed by atoms with van der Waals surface area (Å²) >= 11 is 3.36. The SMILES string of the molecule is N#Cc1ccc(N2CCCN(CC(=O)N3N=C(c4cccs4)CC3c3cccs3)CC2)cc1. The number of amides is 1. The van der Waals surface area contributed by atoms with Crippen LogP contribution in [0.25, 0.3) is 0 Å². The summed E-state index contributed by atoms with van der Waals surface area (Å²) in [5.74, 6) is 0.0618. The lowest BCUT2D eigenvalue weighted by molar-refractivity contribution is -0.134. The first-order valence-corrected chi connectivity index (χ1v) is 12.9. The Bertz CT molecular complexity index is 1150. The van der Waals surface area contributed by atoms with Crippen molar-refractivity contribution in [3.05, 3.63) is 74.6 Å². The molecule has 2 aliphatic rings. The van der Waals surface area contributed by atoms with Gasteiger partial charge in [0.15, 0.2) is 0 Å². The van der Waals surface area contributed by atoms with Crippen molar-refractivity contribution < 1.29 is 4.79 Å². The topological polar surface area (TPSA) is 62.9 Å². The Morgan fingerprint density at radius 1 is 1.03 bits per heavy atom. The van der Waals surface area contributed by atoms with Gasteiger partial charge in [0.25, 0.3) is 5.91 Å². The fourth-order valence-corrected chi connectivity index (χ4v) is 5.96. The number of anilines is 1. The molecule has 1 aromatic carbocycles. The molecule has 0 bridgehead atoms. The van der Waals surface area contributed by atoms with Crippen LogP contribution in [0, 0.1) is 11.3 Å². The summed E-state index contributed by atoms with van der Waals surface area (Å²) < 4.78 is 0. The Kier molecular flexibility index (Phi) is 6.53. The van der Waals surface area contributed by atoms with Crippen LogP contribution in [0.5, 0.6) is 0 Å². The molecule has 0 saturated carbocycles. The Morgan fingerprint density at radius 2 is 1.85 bits per heavy atom. The summed E-state index contributed by atoms with van der Waals surface area (Å²) in [5, 5.41) is 19.7. The second kappa shape index (κ2) is 9.87. The Hall–Kier alpha value is -2.99. The second-order valence-electron chi connectivity index (χ2n) is 8.27. The number of nitriles is 1. The Morgan fingerprint density at radius 3 is 2.58 bits per heavy atom. The van der Waals surface area contributed by atoms with Gasteiger partial charge in [-0.1, -0.05) is 12.1 Å². The van der Waals surface area contributed by atoms with Crippen molar-refractivity contribution in [1.82, 2.24) is 9.91 Å². The van der Waals surface area contributed by atoms with E-state index in [4.69, 9.17) is 10.4 Å². The van der Waals surface area contributed by atoms with Crippen molar-refractivity contribution in [3.8, 4) is 6.07 Å². The van der Waals surface area contributed by atoms with Gasteiger partial charge in [-0.05, 0) is 53.6 Å². The maximum Gasteiger partial charge on any atom is 0.257 e. The molecule has 4 heterocycles. The fourth-order valence-electron chi connectivity index (χ4n) is 4.43. The molecule has 1 unspecified atom stereocenters. The molecule has 0 radical (unpaired) electrons. The number of carbonyl (C=O) groups is 1. The standard InChI is InChI=1S/C25H25N5OS2/c26-17-19-6-8-20(9-7-19)29-11-3-10-28(12-13-29)18-25(31)30-22(24-5-2-15-33-24)16-21(27-30)23-4-1-14-32-23/h1-2,4-9,14-15,22H,3,10-13,16,18H2. The molecule has 2 aromatic heterocycles. The summed E-state index contributed by atoms with van der Waals surface area (Å²) in [6, 6.07) is 18.2. The molecule has 6 nitrogen and oxygen atoms in total. The van der Waals surface area contributed by atoms with E-state index in [0.29, 0.717) is 12.1 Å². The lowest BCUT2D eigenvalue weighted by Crippen LogP contribution is -2.40. The summed E-state index contributed by atoms with van der Waals surface area (Å²) in [7, 11) is 0. The highest BCUT2D eigenvalue weighted by molar-refractivity contribution is 7.12. The summed E-state index contributed by atoms with van der Waals surface area (Å²) in [4.78, 5) is 20.3. The van der Waals surface area contributed by atoms with Gasteiger partial charge >= 0.3 is 0 Å². The van der Waals surface area contributed by atoms with Gasteiger partial charge in [0.1, 0.15) is 0 Å². The molecule has 1 amide bonds. The Balaban J connectivity index is 1.26. The van der Waals surface area contributed by atoms with Gasteiger partial charge in [-0.3, -0.25) is 9.69 Å². The number of hydrogen-bond donors (Lipinski definition) is 0. The van der Waals surface area contributed by atoms with Crippen LogP contribution in [0.3, 0.4) is 0 Å². The van der Waals surface area contributed by atoms with E-state index in [9.17, 15) is 4.79 Å². The van der Waals surface area contributed by atoms with E-state index in [0.717, 1.165) is 55.3 Å². The zero-order valence-electron chi connectivity index (χ0n) is 18.3. The van der Waals surface area contributed by atoms with Gasteiger partial charge in [0.2, 0.25) is 0 Å². The molecule has 0 N–H and O–H groups in total. The van der Waals surface area contributed by atoms with Crippen LogP contribution in [0.1, 0.15) is 34.2 Å². The van der Waals surface area contributed by atoms with E-state index < -0.39 is 0 Å². The van der Waals surface area contributed by atoms with E-state index >= 15 is 0 Å². The molecular formula is C25H25N5OS2. The molecule has 168 valence electrons. The Labute approximate surface area is 202 Å². The monoisotopic (exact) mass is 475 g/mol. The second-order valence-corrected chi connectivity index (χ2v) is 10.2. The molecule has 1 atom stereocenters. The van der Waals surface area contributed by atoms with Crippen LogP contribution in [-0.2, 0) is 4.79 Å². The van der Waals surface area contributed by atoms with Gasteiger partial charge in [0, 0.05) is 43.2 Å². The fraction of sp³-hybridized carbons (Fsp3) is 0.320. The third-order valence-corrected chi connectivity index (χ3v) is 8.04. The largest absolute Gasteiger partial charge is 0.370 e. The van der Waals surface area contributed by atoms with Crippen molar-refractivity contribution in [2.24, 2.45) is 5.10 Å². The maximum absolute atomic E-state index is 13.4. The number of hydrazone groups is 1. The molecule has 5 rings (SSSR count). The maximum atomic E-state index is 13.4. The first-order chi connectivity index (χ1) is 16.2. The number of rotatable bonds is 5. The lowest BCUT2D eigenvalue weighted by atomic mass is 10.1. The zero-order valence-corrected chi connectivity index (χ0v) is 19.9. The molecule has 33 heavy (non-hydrogen) atoms. The van der Waals surface area contributed by atoms with E-state index in [-0.39, 0.29) is 11.9 Å². The third kappa shape index (κ3) is 4.86. The van der Waals surface area contributed by atoms with Crippen LogP contribution in [-0.4, -0.2) is 54.3 Å². The predicted octanol–water partition coefficient (Wildman–Crippen LogP) is 4.57. The highest BCUT2D eigenvalue weighted by atomic mass is 32.1. The van der Waals surface area contributed by atoms with Crippen molar-refractivity contribution in [2.45, 2.75) is 18.9 Å². The number of carbonyl (C=O) groups excluding carboxylic acids is 1. The molecule has 3 aromatic rings. The summed E-state index contributed by atoms with van der Waals surface area (Å²) in [5.41, 5.74) is 2.80. The van der Waals surface area contributed by atoms with E-state index in [1.807, 2.05) is 36.4 Å². The van der Waals surface area contributed by atoms with Crippen molar-refractivity contribution >= 4 is 40.0 Å². The highest BCUT2D eigenvalue weighted by Gasteiger charge is 2.34. The summed E-state index contributed by atoms with van der Waals surface area (Å²) in [6.07, 6.45) is 1.75. The number of thiophene rings is 2. The van der Waals surface area contributed by atoms with Gasteiger partial charge < -0.3 is 4.90 Å². The van der Waals surface area contributed by atoms with Crippen LogP contribution in [0.4, 0.5) is 5.69 Å². The predicted molar refractivity (Wildman–Crippen MR) is 134 cm³/mol. The lowest BCUT2D eigenvalue weighted by Gasteiger charge is -2.26. The van der Waals surface area contributed by atoms with Crippen molar-refractivity contribution in [2.75, 3.05) is 37.6 Å². The van der Waals surface area contributed by atoms with Gasteiger partial charge in [0.05, 0.1) is 34.8 Å². The van der Waals surface area contributed by atoms with Crippen LogP contribution >= 0.6 is 22.7 Å². The molecular weight excluding hydrogens is 450 g/mol. The van der Waals surface area contributed by atoms with Crippen molar-refractivity contribution in [1.29, 1.82) is 5.26 Å². The highest BCUT2D eigenvalue weighted by Crippen LogP contribution is 2.36. The minimum atomic E-state index is -0.0169. The minimum Gasteiger partial charge on any atom is -0.370 e. The normalized spacial score (nSPS) is 19.2. The first kappa shape index (κ1) is 21.8. The van der Waals surface area contributed by atoms with E-state index in [2.05, 4.69) is 38.8 Å². The number of hydrogen-bond acceptors (Lipinski definition) is 7. The molecule has 8 heteroatoms. The van der Waals surface area contributed by atoms with Gasteiger partial charge in [-0.25, -0.2) is 5.01 Å². The average Bonchev–Trinajstić information content (AvgIpc) is 3.59. The molecule has 1 saturated heterocycles. The van der Waals surface area contributed by atoms with Gasteiger partial charge in [-0.15, -0.1) is 22.7 Å². The quantitative estimate of drug-likeness (QED) is 0.542. The van der Waals surface area contributed by atoms with Crippen LogP contribution < -0.4 is 4.90 Å². The van der Waals surface area contributed by atoms with Crippen LogP contribution in [0.15, 0.2) is 64.4 Å². The zero-order chi connectivity index (χ0) is 22.6. The average molecular weight is 476 g/mol. The summed E-state index contributed by atoms with van der Waals surface area (Å²) in [6.45, 7) is 3.89. The first-order valence-electron chi connectivity index (χ1n) is 11.2. The minimum absolute atomic E-state index is 0.0169. The van der Waals surface area contributed by atoms with E-state index in [1.165, 1.54) is 4.88 Å².